The molecule has 15 heavy (non-hydrogen) atoms. The minimum atomic E-state index is 0.344. The van der Waals surface area contributed by atoms with Crippen LogP contribution in [0.1, 0.15) is 23.4 Å². The molecule has 1 heterocycles. The van der Waals surface area contributed by atoms with Gasteiger partial charge in [0, 0.05) is 25.2 Å². The molecule has 0 aliphatic carbocycles. The molecule has 1 atom stereocenters. The molecule has 1 aromatic heterocycles. The summed E-state index contributed by atoms with van der Waals surface area (Å²) < 4.78 is 1.92. The molecule has 3 nitrogen and oxygen atoms in total. The number of hydrogen-bond acceptors (Lipinski definition) is 2. The largest absolute Gasteiger partial charge is 0.316 e. The van der Waals surface area contributed by atoms with Crippen molar-refractivity contribution in [2.75, 3.05) is 7.05 Å². The van der Waals surface area contributed by atoms with E-state index in [9.17, 15) is 0 Å². The summed E-state index contributed by atoms with van der Waals surface area (Å²) in [6.07, 6.45) is 7.03. The topological polar surface area (TPSA) is 29.9 Å². The van der Waals surface area contributed by atoms with Crippen LogP contribution < -0.4 is 5.32 Å². The molecule has 1 rings (SSSR count). The Labute approximate surface area is 91.9 Å². The second-order valence-corrected chi connectivity index (χ2v) is 3.87. The zero-order valence-corrected chi connectivity index (χ0v) is 9.96. The number of terminal acetylenes is 1. The molecule has 0 spiro atoms. The second kappa shape index (κ2) is 4.99. The Balaban J connectivity index is 2.83. The fourth-order valence-corrected chi connectivity index (χ4v) is 1.78. The van der Waals surface area contributed by atoms with Crippen LogP contribution in [0, 0.1) is 26.2 Å². The number of aryl methyl sites for hydroxylation is 2. The summed E-state index contributed by atoms with van der Waals surface area (Å²) in [4.78, 5) is 0. The lowest BCUT2D eigenvalue weighted by molar-refractivity contribution is 0.570. The maximum absolute atomic E-state index is 5.33. The standard InChI is InChI=1S/C12H19N3/c1-6-7-11(13-4)8-12-9(2)14-15(5)10(12)3/h1,11,13H,7-8H2,2-5H3. The van der Waals surface area contributed by atoms with E-state index >= 15 is 0 Å². The highest BCUT2D eigenvalue weighted by molar-refractivity contribution is 5.25. The molecule has 1 aromatic rings. The molecular formula is C12H19N3. The van der Waals surface area contributed by atoms with Gasteiger partial charge in [-0.25, -0.2) is 0 Å². The fraction of sp³-hybridized carbons (Fsp3) is 0.583. The Morgan fingerprint density at radius 3 is 2.60 bits per heavy atom. The molecule has 1 N–H and O–H groups in total. The summed E-state index contributed by atoms with van der Waals surface area (Å²) in [7, 11) is 3.92. The molecule has 0 aliphatic heterocycles. The Kier molecular flexibility index (Phi) is 3.93. The van der Waals surface area contributed by atoms with E-state index < -0.39 is 0 Å². The second-order valence-electron chi connectivity index (χ2n) is 3.87. The molecular weight excluding hydrogens is 186 g/mol. The molecule has 0 fully saturated rings. The van der Waals surface area contributed by atoms with E-state index in [1.807, 2.05) is 25.7 Å². The molecule has 0 aromatic carbocycles. The van der Waals surface area contributed by atoms with Gasteiger partial charge in [-0.1, -0.05) is 0 Å². The zero-order valence-electron chi connectivity index (χ0n) is 9.96. The highest BCUT2D eigenvalue weighted by atomic mass is 15.3. The first-order valence-electron chi connectivity index (χ1n) is 5.20. The first-order valence-corrected chi connectivity index (χ1v) is 5.20. The van der Waals surface area contributed by atoms with Gasteiger partial charge in [-0.3, -0.25) is 4.68 Å². The summed E-state index contributed by atoms with van der Waals surface area (Å²) in [5.74, 6) is 2.69. The molecule has 3 heteroatoms. The lowest BCUT2D eigenvalue weighted by Crippen LogP contribution is -2.27. The predicted molar refractivity (Wildman–Crippen MR) is 62.7 cm³/mol. The maximum Gasteiger partial charge on any atom is 0.0628 e. The monoisotopic (exact) mass is 205 g/mol. The van der Waals surface area contributed by atoms with Gasteiger partial charge in [0.1, 0.15) is 0 Å². The Hall–Kier alpha value is -1.27. The highest BCUT2D eigenvalue weighted by Gasteiger charge is 2.13. The van der Waals surface area contributed by atoms with E-state index in [2.05, 4.69) is 23.3 Å². The molecule has 0 saturated heterocycles. The van der Waals surface area contributed by atoms with Gasteiger partial charge in [-0.05, 0) is 32.9 Å². The van der Waals surface area contributed by atoms with Crippen LogP contribution >= 0.6 is 0 Å². The minimum absolute atomic E-state index is 0.344. The van der Waals surface area contributed by atoms with Crippen LogP contribution in [-0.4, -0.2) is 22.9 Å². The van der Waals surface area contributed by atoms with Gasteiger partial charge in [0.05, 0.1) is 5.69 Å². The minimum Gasteiger partial charge on any atom is -0.316 e. The Bertz CT molecular complexity index is 371. The quantitative estimate of drug-likeness (QED) is 0.748. The zero-order chi connectivity index (χ0) is 11.4. The number of hydrogen-bond donors (Lipinski definition) is 1. The van der Waals surface area contributed by atoms with Gasteiger partial charge in [0.15, 0.2) is 0 Å². The Morgan fingerprint density at radius 1 is 1.53 bits per heavy atom. The van der Waals surface area contributed by atoms with Crippen molar-refractivity contribution in [3.05, 3.63) is 17.0 Å². The van der Waals surface area contributed by atoms with E-state index in [-0.39, 0.29) is 0 Å². The third-order valence-corrected chi connectivity index (χ3v) is 2.88. The van der Waals surface area contributed by atoms with E-state index in [4.69, 9.17) is 6.42 Å². The molecule has 0 bridgehead atoms. The summed E-state index contributed by atoms with van der Waals surface area (Å²) in [6, 6.07) is 0.344. The van der Waals surface area contributed by atoms with Gasteiger partial charge in [-0.2, -0.15) is 5.10 Å². The van der Waals surface area contributed by atoms with Crippen molar-refractivity contribution in [3.8, 4) is 12.3 Å². The van der Waals surface area contributed by atoms with Crippen molar-refractivity contribution in [2.24, 2.45) is 7.05 Å². The van der Waals surface area contributed by atoms with Gasteiger partial charge in [0.25, 0.3) is 0 Å². The summed E-state index contributed by atoms with van der Waals surface area (Å²) in [5.41, 5.74) is 3.64. The van der Waals surface area contributed by atoms with Crippen molar-refractivity contribution < 1.29 is 0 Å². The lowest BCUT2D eigenvalue weighted by atomic mass is 10.0. The predicted octanol–water partition coefficient (Wildman–Crippen LogP) is 1.19. The summed E-state index contributed by atoms with van der Waals surface area (Å²) in [5, 5.41) is 7.63. The van der Waals surface area contributed by atoms with Gasteiger partial charge in [0.2, 0.25) is 0 Å². The average molecular weight is 205 g/mol. The first kappa shape index (κ1) is 11.8. The fourth-order valence-electron chi connectivity index (χ4n) is 1.78. The third-order valence-electron chi connectivity index (χ3n) is 2.88. The number of nitrogens with one attached hydrogen (secondary N) is 1. The summed E-state index contributed by atoms with van der Waals surface area (Å²) >= 11 is 0. The van der Waals surface area contributed by atoms with Gasteiger partial charge >= 0.3 is 0 Å². The van der Waals surface area contributed by atoms with Crippen molar-refractivity contribution in [1.82, 2.24) is 15.1 Å². The van der Waals surface area contributed by atoms with Crippen LogP contribution in [-0.2, 0) is 13.5 Å². The maximum atomic E-state index is 5.33. The third kappa shape index (κ3) is 2.60. The van der Waals surface area contributed by atoms with Crippen molar-refractivity contribution in [2.45, 2.75) is 32.7 Å². The number of aromatic nitrogens is 2. The van der Waals surface area contributed by atoms with Crippen LogP contribution in [0.4, 0.5) is 0 Å². The van der Waals surface area contributed by atoms with Crippen LogP contribution in [0.5, 0.6) is 0 Å². The van der Waals surface area contributed by atoms with Crippen LogP contribution in [0.2, 0.25) is 0 Å². The van der Waals surface area contributed by atoms with E-state index in [0.29, 0.717) is 6.04 Å². The van der Waals surface area contributed by atoms with E-state index in [0.717, 1.165) is 18.5 Å². The number of nitrogens with zero attached hydrogens (tertiary/aromatic N) is 2. The lowest BCUT2D eigenvalue weighted by Gasteiger charge is -2.13. The molecule has 82 valence electrons. The van der Waals surface area contributed by atoms with Crippen LogP contribution in [0.15, 0.2) is 0 Å². The first-order chi connectivity index (χ1) is 7.10. The smallest absolute Gasteiger partial charge is 0.0628 e. The molecule has 0 amide bonds. The number of rotatable bonds is 4. The molecule has 0 saturated carbocycles. The Morgan fingerprint density at radius 2 is 2.20 bits per heavy atom. The molecule has 0 aliphatic rings. The van der Waals surface area contributed by atoms with Crippen molar-refractivity contribution >= 4 is 0 Å². The highest BCUT2D eigenvalue weighted by Crippen LogP contribution is 2.14. The van der Waals surface area contributed by atoms with E-state index in [1.54, 1.807) is 0 Å². The van der Waals surface area contributed by atoms with Crippen LogP contribution in [0.25, 0.3) is 0 Å². The summed E-state index contributed by atoms with van der Waals surface area (Å²) in [6.45, 7) is 4.14. The average Bonchev–Trinajstić information content (AvgIpc) is 2.44. The van der Waals surface area contributed by atoms with Crippen LogP contribution in [0.3, 0.4) is 0 Å². The van der Waals surface area contributed by atoms with Gasteiger partial charge < -0.3 is 5.32 Å². The van der Waals surface area contributed by atoms with Gasteiger partial charge in [-0.15, -0.1) is 12.3 Å². The molecule has 1 unspecified atom stereocenters. The molecule has 0 radical (unpaired) electrons. The van der Waals surface area contributed by atoms with Crippen molar-refractivity contribution in [1.29, 1.82) is 0 Å². The SMILES string of the molecule is C#CCC(Cc1c(C)nn(C)c1C)NC. The normalized spacial score (nSPS) is 12.5. The van der Waals surface area contributed by atoms with Crippen molar-refractivity contribution in [3.63, 3.8) is 0 Å². The number of likely N-dealkylation sites (N-methyl/N-ethyl adjacent to an activating group) is 1. The van der Waals surface area contributed by atoms with E-state index in [1.165, 1.54) is 11.3 Å².